The molecule has 0 heterocycles. The fraction of sp³-hybridized carbons (Fsp3) is 0.0294. The molecule has 0 spiro atoms. The average Bonchev–Trinajstić information content (AvgIpc) is 2.97. The van der Waals surface area contributed by atoms with Crippen LogP contribution in [0.3, 0.4) is 0 Å². The van der Waals surface area contributed by atoms with Gasteiger partial charge in [0.25, 0.3) is 0 Å². The van der Waals surface area contributed by atoms with Gasteiger partial charge in [0.1, 0.15) is 35.2 Å². The van der Waals surface area contributed by atoms with Crippen LogP contribution >= 0.6 is 0 Å². The van der Waals surface area contributed by atoms with Crippen molar-refractivity contribution in [3.05, 3.63) is 132 Å². The van der Waals surface area contributed by atoms with Gasteiger partial charge in [-0.1, -0.05) is 84.9 Å². The lowest BCUT2D eigenvalue weighted by atomic mass is 9.90. The molecule has 0 aliphatic rings. The Kier molecular flexibility index (Phi) is 6.31. The number of fused-ring (bicyclic) bond motifs is 2. The number of phenols is 2. The SMILES string of the molecule is O=C(Oc1ccccc1)c1cc2ccccc2c(-c2c(O)ccc3ccc(OCc4ccccc4)cc23)c1O. The van der Waals surface area contributed by atoms with Crippen LogP contribution < -0.4 is 9.47 Å². The van der Waals surface area contributed by atoms with Gasteiger partial charge < -0.3 is 19.7 Å². The minimum Gasteiger partial charge on any atom is -0.507 e. The number of benzene rings is 6. The van der Waals surface area contributed by atoms with Crippen LogP contribution in [-0.2, 0) is 6.61 Å². The number of aromatic hydroxyl groups is 2. The van der Waals surface area contributed by atoms with Crippen molar-refractivity contribution in [3.63, 3.8) is 0 Å². The molecule has 0 atom stereocenters. The van der Waals surface area contributed by atoms with Crippen molar-refractivity contribution in [1.29, 1.82) is 0 Å². The molecular weight excluding hydrogens is 488 g/mol. The molecule has 0 aliphatic heterocycles. The van der Waals surface area contributed by atoms with Crippen LogP contribution in [0.2, 0.25) is 0 Å². The van der Waals surface area contributed by atoms with Gasteiger partial charge in [-0.15, -0.1) is 0 Å². The van der Waals surface area contributed by atoms with Gasteiger partial charge in [0, 0.05) is 11.1 Å². The highest BCUT2D eigenvalue weighted by atomic mass is 16.5. The summed E-state index contributed by atoms with van der Waals surface area (Å²) < 4.78 is 11.6. The molecule has 0 fully saturated rings. The molecule has 0 aromatic heterocycles. The first-order valence-electron chi connectivity index (χ1n) is 12.5. The summed E-state index contributed by atoms with van der Waals surface area (Å²) in [7, 11) is 0. The van der Waals surface area contributed by atoms with Gasteiger partial charge in [-0.25, -0.2) is 4.79 Å². The Hall–Kier alpha value is -5.29. The van der Waals surface area contributed by atoms with E-state index in [1.165, 1.54) is 0 Å². The second-order valence-electron chi connectivity index (χ2n) is 9.19. The molecule has 6 rings (SSSR count). The molecule has 39 heavy (non-hydrogen) atoms. The molecule has 2 N–H and O–H groups in total. The summed E-state index contributed by atoms with van der Waals surface area (Å²) in [6.45, 7) is 0.384. The fourth-order valence-electron chi connectivity index (χ4n) is 4.78. The Labute approximate surface area is 225 Å². The van der Waals surface area contributed by atoms with E-state index >= 15 is 0 Å². The molecule has 5 heteroatoms. The Morgan fingerprint density at radius 1 is 0.615 bits per heavy atom. The van der Waals surface area contributed by atoms with E-state index in [1.807, 2.05) is 84.9 Å². The van der Waals surface area contributed by atoms with Crippen LogP contribution in [0, 0.1) is 0 Å². The van der Waals surface area contributed by atoms with Crippen LogP contribution in [0.5, 0.6) is 23.0 Å². The molecular formula is C34H24O5. The van der Waals surface area contributed by atoms with E-state index in [0.29, 0.717) is 40.0 Å². The first-order valence-corrected chi connectivity index (χ1v) is 12.5. The lowest BCUT2D eigenvalue weighted by Crippen LogP contribution is -2.09. The summed E-state index contributed by atoms with van der Waals surface area (Å²) >= 11 is 0. The second-order valence-corrected chi connectivity index (χ2v) is 9.19. The number of carbonyl (C=O) groups excluding carboxylic acids is 1. The molecule has 0 saturated carbocycles. The van der Waals surface area contributed by atoms with E-state index in [4.69, 9.17) is 9.47 Å². The first-order chi connectivity index (χ1) is 19.1. The van der Waals surface area contributed by atoms with Crippen LogP contribution in [0.1, 0.15) is 15.9 Å². The highest BCUT2D eigenvalue weighted by Gasteiger charge is 2.24. The monoisotopic (exact) mass is 512 g/mol. The van der Waals surface area contributed by atoms with Crippen LogP contribution in [0.15, 0.2) is 121 Å². The Morgan fingerprint density at radius 3 is 2.10 bits per heavy atom. The number of carbonyl (C=O) groups is 1. The number of esters is 1. The number of para-hydroxylation sites is 1. The molecule has 6 aromatic rings. The molecule has 5 nitrogen and oxygen atoms in total. The summed E-state index contributed by atoms with van der Waals surface area (Å²) in [6, 6.07) is 36.6. The lowest BCUT2D eigenvalue weighted by Gasteiger charge is -2.17. The van der Waals surface area contributed by atoms with E-state index in [9.17, 15) is 15.0 Å². The molecule has 0 amide bonds. The number of phenolic OH excluding ortho intramolecular Hbond substituents is 2. The molecule has 0 unspecified atom stereocenters. The fourth-order valence-corrected chi connectivity index (χ4v) is 4.78. The molecule has 0 saturated heterocycles. The predicted octanol–water partition coefficient (Wildman–Crippen LogP) is 7.87. The Morgan fingerprint density at radius 2 is 1.31 bits per heavy atom. The van der Waals surface area contributed by atoms with Crippen molar-refractivity contribution < 1.29 is 24.5 Å². The first kappa shape index (κ1) is 24.1. The normalized spacial score (nSPS) is 11.0. The van der Waals surface area contributed by atoms with E-state index in [-0.39, 0.29) is 17.1 Å². The summed E-state index contributed by atoms with van der Waals surface area (Å²) in [5, 5.41) is 25.6. The zero-order valence-corrected chi connectivity index (χ0v) is 20.9. The third-order valence-corrected chi connectivity index (χ3v) is 6.66. The number of ether oxygens (including phenoxy) is 2. The minimum absolute atomic E-state index is 0.000406. The number of rotatable bonds is 6. The molecule has 0 bridgehead atoms. The third-order valence-electron chi connectivity index (χ3n) is 6.66. The van der Waals surface area contributed by atoms with Crippen LogP contribution in [0.4, 0.5) is 0 Å². The van der Waals surface area contributed by atoms with Gasteiger partial charge in [-0.2, -0.15) is 0 Å². The van der Waals surface area contributed by atoms with Crippen LogP contribution in [-0.4, -0.2) is 16.2 Å². The summed E-state index contributed by atoms with van der Waals surface area (Å²) in [5.41, 5.74) is 1.78. The second kappa shape index (κ2) is 10.2. The predicted molar refractivity (Wildman–Crippen MR) is 152 cm³/mol. The maximum Gasteiger partial charge on any atom is 0.347 e. The zero-order valence-electron chi connectivity index (χ0n) is 20.9. The van der Waals surface area contributed by atoms with E-state index in [2.05, 4.69) is 0 Å². The smallest absolute Gasteiger partial charge is 0.347 e. The van der Waals surface area contributed by atoms with Crippen molar-refractivity contribution in [2.75, 3.05) is 0 Å². The summed E-state index contributed by atoms with van der Waals surface area (Å²) in [5.74, 6) is -0.0199. The zero-order chi connectivity index (χ0) is 26.8. The highest BCUT2D eigenvalue weighted by molar-refractivity contribution is 6.13. The van der Waals surface area contributed by atoms with Crippen molar-refractivity contribution in [1.82, 2.24) is 0 Å². The van der Waals surface area contributed by atoms with Gasteiger partial charge in [-0.3, -0.25) is 0 Å². The van der Waals surface area contributed by atoms with Gasteiger partial charge in [0.15, 0.2) is 0 Å². The molecule has 190 valence electrons. The quantitative estimate of drug-likeness (QED) is 0.175. The summed E-state index contributed by atoms with van der Waals surface area (Å²) in [6.07, 6.45) is 0. The molecule has 6 aromatic carbocycles. The van der Waals surface area contributed by atoms with Gasteiger partial charge >= 0.3 is 5.97 Å². The minimum atomic E-state index is -0.697. The number of hydrogen-bond acceptors (Lipinski definition) is 5. The van der Waals surface area contributed by atoms with E-state index < -0.39 is 5.97 Å². The van der Waals surface area contributed by atoms with Crippen LogP contribution in [0.25, 0.3) is 32.7 Å². The maximum atomic E-state index is 13.2. The molecule has 0 aliphatic carbocycles. The largest absolute Gasteiger partial charge is 0.507 e. The Balaban J connectivity index is 1.51. The van der Waals surface area contributed by atoms with Crippen molar-refractivity contribution in [2.45, 2.75) is 6.61 Å². The highest BCUT2D eigenvalue weighted by Crippen LogP contribution is 2.47. The number of hydrogen-bond donors (Lipinski definition) is 2. The topological polar surface area (TPSA) is 76.0 Å². The molecule has 0 radical (unpaired) electrons. The lowest BCUT2D eigenvalue weighted by molar-refractivity contribution is 0.0732. The van der Waals surface area contributed by atoms with E-state index in [0.717, 1.165) is 16.3 Å². The van der Waals surface area contributed by atoms with Gasteiger partial charge in [-0.05, 0) is 63.5 Å². The maximum absolute atomic E-state index is 13.2. The van der Waals surface area contributed by atoms with Gasteiger partial charge in [0.05, 0.1) is 0 Å². The van der Waals surface area contributed by atoms with Gasteiger partial charge in [0.2, 0.25) is 0 Å². The van der Waals surface area contributed by atoms with E-state index in [1.54, 1.807) is 36.4 Å². The summed E-state index contributed by atoms with van der Waals surface area (Å²) in [4.78, 5) is 13.2. The van der Waals surface area contributed by atoms with Crippen molar-refractivity contribution in [2.24, 2.45) is 0 Å². The standard InChI is InChI=1S/C34H24O5/c35-30-18-16-23-15-17-26(38-21-22-9-3-1-4-10-22)20-28(23)31(30)32-27-14-8-7-11-24(27)19-29(33(32)36)34(37)39-25-12-5-2-6-13-25/h1-20,35-36H,21H2. The van der Waals surface area contributed by atoms with Crippen molar-refractivity contribution >= 4 is 27.5 Å². The third kappa shape index (κ3) is 4.74. The van der Waals surface area contributed by atoms with Crippen molar-refractivity contribution in [3.8, 4) is 34.1 Å². The Bertz CT molecular complexity index is 1810. The average molecular weight is 513 g/mol.